The van der Waals surface area contributed by atoms with Crippen molar-refractivity contribution in [2.75, 3.05) is 5.73 Å². The zero-order valence-corrected chi connectivity index (χ0v) is 12.3. The third-order valence-electron chi connectivity index (χ3n) is 3.25. The van der Waals surface area contributed by atoms with Crippen molar-refractivity contribution in [2.24, 2.45) is 0 Å². The van der Waals surface area contributed by atoms with E-state index in [9.17, 15) is 0 Å². The minimum Gasteiger partial charge on any atom is -0.396 e. The lowest BCUT2D eigenvalue weighted by Crippen LogP contribution is -2.01. The van der Waals surface area contributed by atoms with Gasteiger partial charge in [-0.2, -0.15) is 0 Å². The molecule has 4 nitrogen and oxygen atoms in total. The first-order valence-corrected chi connectivity index (χ1v) is 6.71. The Morgan fingerprint density at radius 3 is 2.58 bits per heavy atom. The van der Waals surface area contributed by atoms with Gasteiger partial charge < -0.3 is 5.73 Å². The minimum atomic E-state index is 0.618. The Labute approximate surface area is 119 Å². The van der Waals surface area contributed by atoms with E-state index in [1.54, 1.807) is 12.5 Å². The molecule has 1 aromatic carbocycles. The number of pyridine rings is 1. The van der Waals surface area contributed by atoms with Gasteiger partial charge >= 0.3 is 0 Å². The van der Waals surface area contributed by atoms with Gasteiger partial charge in [-0.1, -0.05) is 0 Å². The molecule has 0 amide bonds. The summed E-state index contributed by atoms with van der Waals surface area (Å²) >= 11 is 3.36. The predicted octanol–water partition coefficient (Wildman–Crippen LogP) is 3.38. The molecule has 19 heavy (non-hydrogen) atoms. The molecule has 3 aromatic rings. The van der Waals surface area contributed by atoms with E-state index in [1.165, 1.54) is 11.1 Å². The van der Waals surface area contributed by atoms with Crippen LogP contribution in [0.25, 0.3) is 16.9 Å². The molecule has 5 heteroatoms. The number of hydrogen-bond acceptors (Lipinski definition) is 3. The highest BCUT2D eigenvalue weighted by atomic mass is 79.9. The monoisotopic (exact) mass is 316 g/mol. The van der Waals surface area contributed by atoms with Crippen molar-refractivity contribution >= 4 is 32.7 Å². The number of aromatic nitrogens is 3. The maximum Gasteiger partial charge on any atom is 0.161 e. The fourth-order valence-electron chi connectivity index (χ4n) is 2.08. The van der Waals surface area contributed by atoms with Crippen molar-refractivity contribution < 1.29 is 0 Å². The lowest BCUT2D eigenvalue weighted by Gasteiger charge is -2.08. The Bertz CT molecular complexity index is 776. The normalized spacial score (nSPS) is 11.1. The van der Waals surface area contributed by atoms with Crippen molar-refractivity contribution in [3.05, 3.63) is 46.3 Å². The Hall–Kier alpha value is -1.88. The van der Waals surface area contributed by atoms with Crippen molar-refractivity contribution in [3.63, 3.8) is 0 Å². The van der Waals surface area contributed by atoms with Crippen LogP contribution >= 0.6 is 15.9 Å². The van der Waals surface area contributed by atoms with Gasteiger partial charge in [0.15, 0.2) is 5.82 Å². The fraction of sp³-hybridized carbons (Fsp3) is 0.143. The first-order chi connectivity index (χ1) is 9.06. The molecule has 96 valence electrons. The highest BCUT2D eigenvalue weighted by molar-refractivity contribution is 9.10. The first-order valence-electron chi connectivity index (χ1n) is 5.92. The number of hydrogen-bond donors (Lipinski definition) is 1. The van der Waals surface area contributed by atoms with Gasteiger partial charge in [0.25, 0.3) is 0 Å². The molecule has 0 aliphatic rings. The summed E-state index contributed by atoms with van der Waals surface area (Å²) in [5.41, 5.74) is 11.1. The summed E-state index contributed by atoms with van der Waals surface area (Å²) < 4.78 is 2.79. The number of nitrogens with two attached hydrogens (primary N) is 1. The van der Waals surface area contributed by atoms with E-state index in [-0.39, 0.29) is 0 Å². The highest BCUT2D eigenvalue weighted by Crippen LogP contribution is 2.25. The fourth-order valence-corrected chi connectivity index (χ4v) is 2.43. The van der Waals surface area contributed by atoms with Gasteiger partial charge in [-0.25, -0.2) is 9.97 Å². The van der Waals surface area contributed by atoms with Crippen LogP contribution in [0.5, 0.6) is 0 Å². The molecule has 0 aliphatic heterocycles. The van der Waals surface area contributed by atoms with Crippen molar-refractivity contribution in [1.82, 2.24) is 14.5 Å². The number of halogens is 1. The van der Waals surface area contributed by atoms with Crippen LogP contribution in [0.4, 0.5) is 5.69 Å². The largest absolute Gasteiger partial charge is 0.396 e. The summed E-state index contributed by atoms with van der Waals surface area (Å²) in [5.74, 6) is 0.703. The number of anilines is 1. The molecule has 0 radical (unpaired) electrons. The maximum absolute atomic E-state index is 6.03. The van der Waals surface area contributed by atoms with E-state index in [0.717, 1.165) is 15.5 Å². The molecule has 2 N–H and O–H groups in total. The Morgan fingerprint density at radius 2 is 1.84 bits per heavy atom. The number of aryl methyl sites for hydroxylation is 2. The van der Waals surface area contributed by atoms with Crippen LogP contribution in [0.3, 0.4) is 0 Å². The van der Waals surface area contributed by atoms with Gasteiger partial charge in [-0.05, 0) is 59.1 Å². The Kier molecular flexibility index (Phi) is 2.78. The van der Waals surface area contributed by atoms with E-state index in [0.29, 0.717) is 11.5 Å². The van der Waals surface area contributed by atoms with Crippen LogP contribution in [0.2, 0.25) is 0 Å². The van der Waals surface area contributed by atoms with E-state index >= 15 is 0 Å². The van der Waals surface area contributed by atoms with Crippen LogP contribution in [0.15, 0.2) is 35.2 Å². The third-order valence-corrected chi connectivity index (χ3v) is 3.69. The SMILES string of the molecule is Cc1cc2ncn(-c3ncc(Br)cc3N)c2cc1C. The average molecular weight is 317 g/mol. The third kappa shape index (κ3) is 2.00. The number of benzene rings is 1. The molecule has 0 bridgehead atoms. The molecule has 3 rings (SSSR count). The van der Waals surface area contributed by atoms with E-state index < -0.39 is 0 Å². The van der Waals surface area contributed by atoms with Crippen molar-refractivity contribution in [3.8, 4) is 5.82 Å². The van der Waals surface area contributed by atoms with Crippen LogP contribution in [-0.2, 0) is 0 Å². The van der Waals surface area contributed by atoms with Crippen molar-refractivity contribution in [1.29, 1.82) is 0 Å². The molecule has 0 aliphatic carbocycles. The zero-order chi connectivity index (χ0) is 13.6. The number of nitrogen functional groups attached to an aromatic ring is 1. The standard InChI is InChI=1S/C14H13BrN4/c1-8-3-12-13(4-9(8)2)19(7-18-12)14-11(16)5-10(15)6-17-14/h3-7H,16H2,1-2H3. The Morgan fingerprint density at radius 1 is 1.11 bits per heavy atom. The van der Waals surface area contributed by atoms with Gasteiger partial charge in [0, 0.05) is 10.7 Å². The lowest BCUT2D eigenvalue weighted by atomic mass is 10.1. The number of imidazole rings is 1. The van der Waals surface area contributed by atoms with E-state index in [2.05, 4.69) is 51.9 Å². The first kappa shape index (κ1) is 12.2. The van der Waals surface area contributed by atoms with Crippen molar-refractivity contribution in [2.45, 2.75) is 13.8 Å². The second-order valence-corrected chi connectivity index (χ2v) is 5.52. The van der Waals surface area contributed by atoms with Gasteiger partial charge in [0.05, 0.1) is 16.7 Å². The zero-order valence-electron chi connectivity index (χ0n) is 10.7. The van der Waals surface area contributed by atoms with Crippen LogP contribution in [0, 0.1) is 13.8 Å². The molecule has 2 heterocycles. The van der Waals surface area contributed by atoms with Crippen LogP contribution in [-0.4, -0.2) is 14.5 Å². The minimum absolute atomic E-state index is 0.618. The smallest absolute Gasteiger partial charge is 0.161 e. The molecular weight excluding hydrogens is 304 g/mol. The van der Waals surface area contributed by atoms with Crippen LogP contribution in [0.1, 0.15) is 11.1 Å². The quantitative estimate of drug-likeness (QED) is 0.748. The predicted molar refractivity (Wildman–Crippen MR) is 80.5 cm³/mol. The number of rotatable bonds is 1. The molecule has 0 saturated carbocycles. The summed E-state index contributed by atoms with van der Waals surface area (Å²) in [6, 6.07) is 6.03. The summed E-state index contributed by atoms with van der Waals surface area (Å²) in [4.78, 5) is 8.79. The molecule has 0 atom stereocenters. The van der Waals surface area contributed by atoms with E-state index in [1.807, 2.05) is 10.6 Å². The van der Waals surface area contributed by atoms with E-state index in [4.69, 9.17) is 5.73 Å². The number of nitrogens with zero attached hydrogens (tertiary/aromatic N) is 3. The molecule has 0 spiro atoms. The second kappa shape index (κ2) is 4.35. The molecule has 2 aromatic heterocycles. The van der Waals surface area contributed by atoms with Crippen LogP contribution < -0.4 is 5.73 Å². The van der Waals surface area contributed by atoms with Gasteiger partial charge in [0.1, 0.15) is 6.33 Å². The average Bonchev–Trinajstić information content (AvgIpc) is 2.73. The molecule has 0 fully saturated rings. The Balaban J connectivity index is 2.28. The lowest BCUT2D eigenvalue weighted by molar-refractivity contribution is 1.02. The van der Waals surface area contributed by atoms with Gasteiger partial charge in [-0.15, -0.1) is 0 Å². The van der Waals surface area contributed by atoms with Gasteiger partial charge in [-0.3, -0.25) is 4.57 Å². The highest BCUT2D eigenvalue weighted by Gasteiger charge is 2.10. The maximum atomic E-state index is 6.03. The molecule has 0 saturated heterocycles. The van der Waals surface area contributed by atoms with Gasteiger partial charge in [0.2, 0.25) is 0 Å². The summed E-state index contributed by atoms with van der Waals surface area (Å²) in [6.45, 7) is 4.17. The summed E-state index contributed by atoms with van der Waals surface area (Å²) in [5, 5.41) is 0. The molecular formula is C14H13BrN4. The number of fused-ring (bicyclic) bond motifs is 1. The molecule has 0 unspecified atom stereocenters. The summed E-state index contributed by atoms with van der Waals surface area (Å²) in [6.07, 6.45) is 3.49. The summed E-state index contributed by atoms with van der Waals surface area (Å²) in [7, 11) is 0. The topological polar surface area (TPSA) is 56.7 Å². The second-order valence-electron chi connectivity index (χ2n) is 4.61.